The van der Waals surface area contributed by atoms with Crippen LogP contribution in [0.4, 0.5) is 0 Å². The number of nitrogens with zero attached hydrogens (tertiary/aromatic N) is 4. The molecule has 1 aromatic heterocycles. The highest BCUT2D eigenvalue weighted by molar-refractivity contribution is 5.80. The summed E-state index contributed by atoms with van der Waals surface area (Å²) in [6.45, 7) is 10.1. The first-order valence-corrected chi connectivity index (χ1v) is 10.2. The minimum absolute atomic E-state index is 0.0339. The Morgan fingerprint density at radius 2 is 1.83 bits per heavy atom. The van der Waals surface area contributed by atoms with Crippen LogP contribution in [0.3, 0.4) is 0 Å². The van der Waals surface area contributed by atoms with Gasteiger partial charge in [0.1, 0.15) is 5.82 Å². The molecule has 0 amide bonds. The molecule has 1 atom stereocenters. The fraction of sp³-hybridized carbons (Fsp3) is 0.571. The molecule has 8 heteroatoms. The largest absolute Gasteiger partial charge is 0.490 e. The van der Waals surface area contributed by atoms with Crippen LogP contribution in [-0.4, -0.2) is 41.0 Å². The van der Waals surface area contributed by atoms with Crippen molar-refractivity contribution in [2.24, 2.45) is 12.0 Å². The van der Waals surface area contributed by atoms with Crippen molar-refractivity contribution < 1.29 is 9.47 Å². The molecule has 0 aliphatic carbocycles. The second-order valence-corrected chi connectivity index (χ2v) is 6.92. The van der Waals surface area contributed by atoms with Gasteiger partial charge in [0.15, 0.2) is 23.3 Å². The first kappa shape index (κ1) is 22.5. The second kappa shape index (κ2) is 11.3. The molecule has 0 saturated carbocycles. The molecule has 1 aromatic carbocycles. The molecule has 0 fully saturated rings. The lowest BCUT2D eigenvalue weighted by Crippen LogP contribution is -2.38. The first-order valence-electron chi connectivity index (χ1n) is 10.2. The van der Waals surface area contributed by atoms with Gasteiger partial charge in [0.25, 0.3) is 0 Å². The van der Waals surface area contributed by atoms with Gasteiger partial charge in [-0.05, 0) is 44.4 Å². The highest BCUT2D eigenvalue weighted by Gasteiger charge is 2.13. The van der Waals surface area contributed by atoms with Crippen LogP contribution in [0.5, 0.6) is 11.5 Å². The number of guanidine groups is 1. The summed E-state index contributed by atoms with van der Waals surface area (Å²) in [5.41, 5.74) is 1.09. The van der Waals surface area contributed by atoms with Gasteiger partial charge in [-0.15, -0.1) is 10.2 Å². The summed E-state index contributed by atoms with van der Waals surface area (Å²) in [6.07, 6.45) is 1.91. The van der Waals surface area contributed by atoms with E-state index in [1.54, 1.807) is 7.05 Å². The van der Waals surface area contributed by atoms with Gasteiger partial charge in [-0.2, -0.15) is 0 Å². The molecule has 0 saturated heterocycles. The molecule has 160 valence electrons. The average molecular weight is 403 g/mol. The fourth-order valence-electron chi connectivity index (χ4n) is 2.70. The molecule has 2 N–H and O–H groups in total. The molecule has 1 unspecified atom stereocenters. The van der Waals surface area contributed by atoms with Crippen molar-refractivity contribution in [1.82, 2.24) is 25.4 Å². The van der Waals surface area contributed by atoms with Crippen molar-refractivity contribution >= 4 is 5.96 Å². The fourth-order valence-corrected chi connectivity index (χ4v) is 2.70. The highest BCUT2D eigenvalue weighted by Crippen LogP contribution is 2.31. The highest BCUT2D eigenvalue weighted by atomic mass is 16.5. The number of nitrogens with one attached hydrogen (secondary N) is 2. The molecule has 2 aromatic rings. The van der Waals surface area contributed by atoms with Crippen LogP contribution in [0.25, 0.3) is 0 Å². The van der Waals surface area contributed by atoms with E-state index in [-0.39, 0.29) is 6.04 Å². The number of benzene rings is 1. The second-order valence-electron chi connectivity index (χ2n) is 6.92. The van der Waals surface area contributed by atoms with E-state index < -0.39 is 0 Å². The lowest BCUT2D eigenvalue weighted by atomic mass is 10.1. The van der Waals surface area contributed by atoms with Crippen LogP contribution < -0.4 is 20.1 Å². The van der Waals surface area contributed by atoms with Gasteiger partial charge in [0.05, 0.1) is 25.8 Å². The van der Waals surface area contributed by atoms with E-state index in [0.29, 0.717) is 25.7 Å². The molecular weight excluding hydrogens is 368 g/mol. The van der Waals surface area contributed by atoms with E-state index in [9.17, 15) is 0 Å². The summed E-state index contributed by atoms with van der Waals surface area (Å²) in [5.74, 6) is 4.00. The zero-order valence-corrected chi connectivity index (χ0v) is 18.5. The van der Waals surface area contributed by atoms with E-state index in [2.05, 4.69) is 52.7 Å². The molecule has 1 heterocycles. The SMILES string of the molecule is CCCOc1ccc(C(C)NC(=NC)NCc2nnc(C)n2C)cc1OCCC. The average Bonchev–Trinajstić information content (AvgIpc) is 3.05. The third-order valence-electron chi connectivity index (χ3n) is 4.56. The normalized spacial score (nSPS) is 12.6. The topological polar surface area (TPSA) is 85.6 Å². The molecule has 8 nitrogen and oxygen atoms in total. The number of aliphatic imine (C=N–C) groups is 1. The molecule has 0 bridgehead atoms. The van der Waals surface area contributed by atoms with Crippen molar-refractivity contribution in [2.75, 3.05) is 20.3 Å². The zero-order chi connectivity index (χ0) is 21.2. The van der Waals surface area contributed by atoms with Crippen LogP contribution in [-0.2, 0) is 13.6 Å². The Labute approximate surface area is 173 Å². The Hall–Kier alpha value is -2.77. The Balaban J connectivity index is 2.04. The number of aryl methyl sites for hydroxylation is 1. The molecule has 0 spiro atoms. The summed E-state index contributed by atoms with van der Waals surface area (Å²) in [7, 11) is 3.70. The van der Waals surface area contributed by atoms with Crippen LogP contribution in [0.1, 0.15) is 56.9 Å². The zero-order valence-electron chi connectivity index (χ0n) is 18.5. The maximum Gasteiger partial charge on any atom is 0.191 e. The summed E-state index contributed by atoms with van der Waals surface area (Å²) in [4.78, 5) is 4.32. The molecule has 0 radical (unpaired) electrons. The van der Waals surface area contributed by atoms with Crippen LogP contribution >= 0.6 is 0 Å². The van der Waals surface area contributed by atoms with Crippen molar-refractivity contribution in [3.63, 3.8) is 0 Å². The summed E-state index contributed by atoms with van der Waals surface area (Å²) in [6, 6.07) is 6.11. The van der Waals surface area contributed by atoms with Gasteiger partial charge < -0.3 is 24.7 Å². The maximum absolute atomic E-state index is 5.91. The predicted octanol–water partition coefficient (Wildman–Crippen LogP) is 3.13. The van der Waals surface area contributed by atoms with Gasteiger partial charge in [0.2, 0.25) is 0 Å². The van der Waals surface area contributed by atoms with E-state index in [4.69, 9.17) is 9.47 Å². The van der Waals surface area contributed by atoms with Crippen molar-refractivity contribution in [1.29, 1.82) is 0 Å². The lowest BCUT2D eigenvalue weighted by Gasteiger charge is -2.20. The van der Waals surface area contributed by atoms with Crippen molar-refractivity contribution in [3.05, 3.63) is 35.4 Å². The van der Waals surface area contributed by atoms with Gasteiger partial charge in [-0.3, -0.25) is 4.99 Å². The summed E-state index contributed by atoms with van der Waals surface area (Å²) >= 11 is 0. The standard InChI is InChI=1S/C21H34N6O2/c1-7-11-28-18-10-9-17(13-19(18)29-12-8-2)15(3)24-21(22-5)23-14-20-26-25-16(4)27(20)6/h9-10,13,15H,7-8,11-12,14H2,1-6H3,(H2,22,23,24). The van der Waals surface area contributed by atoms with Gasteiger partial charge in [0, 0.05) is 14.1 Å². The van der Waals surface area contributed by atoms with Crippen LogP contribution in [0, 0.1) is 6.92 Å². The summed E-state index contributed by atoms with van der Waals surface area (Å²) < 4.78 is 13.7. The minimum Gasteiger partial charge on any atom is -0.490 e. The third kappa shape index (κ3) is 6.37. The third-order valence-corrected chi connectivity index (χ3v) is 4.56. The Kier molecular flexibility index (Phi) is 8.76. The van der Waals surface area contributed by atoms with Crippen molar-refractivity contribution in [2.45, 2.75) is 53.1 Å². The molecule has 29 heavy (non-hydrogen) atoms. The molecule has 0 aliphatic heterocycles. The van der Waals surface area contributed by atoms with E-state index in [1.807, 2.05) is 30.7 Å². The van der Waals surface area contributed by atoms with Crippen molar-refractivity contribution in [3.8, 4) is 11.5 Å². The smallest absolute Gasteiger partial charge is 0.191 e. The predicted molar refractivity (Wildman–Crippen MR) is 116 cm³/mol. The van der Waals surface area contributed by atoms with E-state index in [1.165, 1.54) is 0 Å². The van der Waals surface area contributed by atoms with E-state index >= 15 is 0 Å². The molecular formula is C21H34N6O2. The lowest BCUT2D eigenvalue weighted by molar-refractivity contribution is 0.268. The summed E-state index contributed by atoms with van der Waals surface area (Å²) in [5, 5.41) is 14.9. The number of rotatable bonds is 10. The monoisotopic (exact) mass is 402 g/mol. The molecule has 2 rings (SSSR count). The van der Waals surface area contributed by atoms with Crippen LogP contribution in [0.2, 0.25) is 0 Å². The Morgan fingerprint density at radius 1 is 1.14 bits per heavy atom. The number of hydrogen-bond acceptors (Lipinski definition) is 5. The van der Waals surface area contributed by atoms with Crippen LogP contribution in [0.15, 0.2) is 23.2 Å². The maximum atomic E-state index is 5.91. The quantitative estimate of drug-likeness (QED) is 0.469. The molecule has 0 aliphatic rings. The Bertz CT molecular complexity index is 802. The number of ether oxygens (including phenoxy) is 2. The van der Waals surface area contributed by atoms with Gasteiger partial charge in [-0.1, -0.05) is 19.9 Å². The number of aromatic nitrogens is 3. The van der Waals surface area contributed by atoms with Gasteiger partial charge >= 0.3 is 0 Å². The van der Waals surface area contributed by atoms with E-state index in [0.717, 1.165) is 41.6 Å². The number of hydrogen-bond donors (Lipinski definition) is 2. The Morgan fingerprint density at radius 3 is 2.41 bits per heavy atom. The van der Waals surface area contributed by atoms with Gasteiger partial charge in [-0.25, -0.2) is 0 Å². The first-order chi connectivity index (χ1) is 14.0. The minimum atomic E-state index is 0.0339.